The van der Waals surface area contributed by atoms with E-state index < -0.39 is 0 Å². The number of hydrogen-bond donors (Lipinski definition) is 1. The van der Waals surface area contributed by atoms with Crippen molar-refractivity contribution in [2.24, 2.45) is 5.92 Å². The van der Waals surface area contributed by atoms with E-state index >= 15 is 0 Å². The van der Waals surface area contributed by atoms with Gasteiger partial charge in [0.1, 0.15) is 0 Å². The van der Waals surface area contributed by atoms with Crippen LogP contribution in [0.1, 0.15) is 26.2 Å². The summed E-state index contributed by atoms with van der Waals surface area (Å²) in [6, 6.07) is -0.338. The molecule has 1 fully saturated rings. The van der Waals surface area contributed by atoms with Gasteiger partial charge >= 0.3 is 0 Å². The molecule has 0 aromatic carbocycles. The molecule has 0 spiro atoms. The molecule has 1 heterocycles. The lowest BCUT2D eigenvalue weighted by molar-refractivity contribution is -0.127. The van der Waals surface area contributed by atoms with Gasteiger partial charge in [-0.25, -0.2) is 0 Å². The van der Waals surface area contributed by atoms with Gasteiger partial charge in [0, 0.05) is 5.92 Å². The van der Waals surface area contributed by atoms with Crippen molar-refractivity contribution in [3.8, 4) is 0 Å². The van der Waals surface area contributed by atoms with Crippen molar-refractivity contribution in [1.82, 2.24) is 5.32 Å². The van der Waals surface area contributed by atoms with E-state index in [1.807, 2.05) is 6.92 Å². The molecule has 0 bridgehead atoms. The van der Waals surface area contributed by atoms with E-state index in [4.69, 9.17) is 0 Å². The molecule has 0 saturated carbocycles. The van der Waals surface area contributed by atoms with Crippen molar-refractivity contribution in [3.63, 3.8) is 0 Å². The zero-order valence-electron chi connectivity index (χ0n) is 7.88. The third-order valence-electron chi connectivity index (χ3n) is 2.44. The number of hydrogen-bond acceptors (Lipinski definition) is 2. The second-order valence-electron chi connectivity index (χ2n) is 3.50. The van der Waals surface area contributed by atoms with Gasteiger partial charge in [0.15, 0.2) is 5.78 Å². The van der Waals surface area contributed by atoms with Gasteiger partial charge in [0.2, 0.25) is 5.91 Å². The fraction of sp³-hybridized carbons (Fsp3) is 0.600. The van der Waals surface area contributed by atoms with E-state index in [9.17, 15) is 9.59 Å². The Labute approximate surface area is 78.2 Å². The predicted molar refractivity (Wildman–Crippen MR) is 50.1 cm³/mol. The first kappa shape index (κ1) is 9.96. The van der Waals surface area contributed by atoms with E-state index in [1.165, 1.54) is 6.08 Å². The molecule has 0 aromatic rings. The molecule has 1 rings (SSSR count). The summed E-state index contributed by atoms with van der Waals surface area (Å²) >= 11 is 0. The van der Waals surface area contributed by atoms with Crippen LogP contribution in [-0.2, 0) is 9.59 Å². The normalized spacial score (nSPS) is 28.8. The van der Waals surface area contributed by atoms with Crippen molar-refractivity contribution in [2.75, 3.05) is 0 Å². The molecule has 1 amide bonds. The Morgan fingerprint density at radius 1 is 1.62 bits per heavy atom. The van der Waals surface area contributed by atoms with Gasteiger partial charge in [-0.05, 0) is 18.9 Å². The van der Waals surface area contributed by atoms with Crippen molar-refractivity contribution >= 4 is 11.7 Å². The summed E-state index contributed by atoms with van der Waals surface area (Å²) in [7, 11) is 0. The van der Waals surface area contributed by atoms with E-state index in [0.29, 0.717) is 0 Å². The monoisotopic (exact) mass is 181 g/mol. The lowest BCUT2D eigenvalue weighted by Crippen LogP contribution is -2.40. The molecular formula is C10H15NO2. The van der Waals surface area contributed by atoms with Crippen molar-refractivity contribution < 1.29 is 9.59 Å². The van der Waals surface area contributed by atoms with Gasteiger partial charge in [0.25, 0.3) is 0 Å². The topological polar surface area (TPSA) is 46.2 Å². The Morgan fingerprint density at radius 3 is 2.92 bits per heavy atom. The van der Waals surface area contributed by atoms with Crippen molar-refractivity contribution in [1.29, 1.82) is 0 Å². The number of rotatable bonds is 2. The lowest BCUT2D eigenvalue weighted by Gasteiger charge is -2.12. The van der Waals surface area contributed by atoms with Gasteiger partial charge in [-0.1, -0.05) is 19.9 Å². The summed E-state index contributed by atoms with van der Waals surface area (Å²) in [5.74, 6) is -0.0669. The van der Waals surface area contributed by atoms with Crippen LogP contribution in [0.25, 0.3) is 0 Å². The minimum Gasteiger partial charge on any atom is -0.346 e. The van der Waals surface area contributed by atoms with E-state index in [0.717, 1.165) is 19.3 Å². The maximum atomic E-state index is 11.3. The molecule has 0 radical (unpaired) electrons. The summed E-state index contributed by atoms with van der Waals surface area (Å²) in [6.45, 7) is 5.29. The Kier molecular flexibility index (Phi) is 3.23. The first-order chi connectivity index (χ1) is 6.15. The standard InChI is InChI=1S/C10H15NO2/c1-3-9(12)8-6-4-5-7(2)10(13)11-8/h3,7-8H,1,4-6H2,2H3,(H,11,13). The highest BCUT2D eigenvalue weighted by atomic mass is 16.2. The Morgan fingerprint density at radius 2 is 2.31 bits per heavy atom. The quantitative estimate of drug-likeness (QED) is 0.647. The smallest absolute Gasteiger partial charge is 0.223 e. The third-order valence-corrected chi connectivity index (χ3v) is 2.44. The molecule has 2 unspecified atom stereocenters. The van der Waals surface area contributed by atoms with Gasteiger partial charge in [-0.15, -0.1) is 0 Å². The largest absolute Gasteiger partial charge is 0.346 e. The van der Waals surface area contributed by atoms with Gasteiger partial charge in [0.05, 0.1) is 6.04 Å². The molecule has 1 aliphatic rings. The highest BCUT2D eigenvalue weighted by Gasteiger charge is 2.24. The molecule has 0 aliphatic carbocycles. The average molecular weight is 181 g/mol. The van der Waals surface area contributed by atoms with Crippen molar-refractivity contribution in [2.45, 2.75) is 32.2 Å². The van der Waals surface area contributed by atoms with Crippen LogP contribution in [0, 0.1) is 5.92 Å². The van der Waals surface area contributed by atoms with Crippen LogP contribution in [0.2, 0.25) is 0 Å². The molecule has 3 heteroatoms. The molecule has 72 valence electrons. The van der Waals surface area contributed by atoms with Crippen LogP contribution >= 0.6 is 0 Å². The first-order valence-electron chi connectivity index (χ1n) is 4.62. The highest BCUT2D eigenvalue weighted by molar-refractivity contribution is 5.96. The third kappa shape index (κ3) is 2.41. The number of ketones is 1. The molecule has 2 atom stereocenters. The average Bonchev–Trinajstić information content (AvgIpc) is 2.28. The zero-order chi connectivity index (χ0) is 9.84. The Bertz CT molecular complexity index is 235. The first-order valence-corrected chi connectivity index (χ1v) is 4.62. The SMILES string of the molecule is C=CC(=O)C1CCCC(C)C(=O)N1. The van der Waals surface area contributed by atoms with Crippen LogP contribution in [0.15, 0.2) is 12.7 Å². The molecule has 1 aliphatic heterocycles. The second kappa shape index (κ2) is 4.21. The number of amides is 1. The minimum atomic E-state index is -0.338. The minimum absolute atomic E-state index is 0.0160. The summed E-state index contributed by atoms with van der Waals surface area (Å²) in [4.78, 5) is 22.6. The van der Waals surface area contributed by atoms with E-state index in [1.54, 1.807) is 0 Å². The molecule has 1 N–H and O–H groups in total. The molecule has 0 aromatic heterocycles. The van der Waals surface area contributed by atoms with Crippen LogP contribution in [-0.4, -0.2) is 17.7 Å². The Balaban J connectivity index is 2.64. The van der Waals surface area contributed by atoms with E-state index in [2.05, 4.69) is 11.9 Å². The Hall–Kier alpha value is -1.12. The molecule has 13 heavy (non-hydrogen) atoms. The number of nitrogens with one attached hydrogen (secondary N) is 1. The summed E-state index contributed by atoms with van der Waals surface area (Å²) < 4.78 is 0. The van der Waals surface area contributed by atoms with Gasteiger partial charge < -0.3 is 5.32 Å². The van der Waals surface area contributed by atoms with Crippen LogP contribution in [0.5, 0.6) is 0 Å². The maximum absolute atomic E-state index is 11.3. The predicted octanol–water partition coefficient (Wildman–Crippen LogP) is 1.05. The lowest BCUT2D eigenvalue weighted by atomic mass is 10.0. The summed E-state index contributed by atoms with van der Waals surface area (Å²) in [5.41, 5.74) is 0. The summed E-state index contributed by atoms with van der Waals surface area (Å²) in [5, 5.41) is 2.72. The second-order valence-corrected chi connectivity index (χ2v) is 3.50. The van der Waals surface area contributed by atoms with Crippen LogP contribution in [0.3, 0.4) is 0 Å². The summed E-state index contributed by atoms with van der Waals surface area (Å²) in [6.07, 6.45) is 3.80. The molecular weight excluding hydrogens is 166 g/mol. The fourth-order valence-electron chi connectivity index (χ4n) is 1.50. The van der Waals surface area contributed by atoms with Crippen molar-refractivity contribution in [3.05, 3.63) is 12.7 Å². The van der Waals surface area contributed by atoms with E-state index in [-0.39, 0.29) is 23.7 Å². The number of carbonyl (C=O) groups is 2. The zero-order valence-corrected chi connectivity index (χ0v) is 7.88. The molecule has 1 saturated heterocycles. The van der Waals surface area contributed by atoms with Gasteiger partial charge in [-0.2, -0.15) is 0 Å². The fourth-order valence-corrected chi connectivity index (χ4v) is 1.50. The van der Waals surface area contributed by atoms with Crippen LogP contribution in [0.4, 0.5) is 0 Å². The molecule has 3 nitrogen and oxygen atoms in total. The van der Waals surface area contributed by atoms with Crippen LogP contribution < -0.4 is 5.32 Å². The maximum Gasteiger partial charge on any atom is 0.223 e. The number of carbonyl (C=O) groups excluding carboxylic acids is 2. The highest BCUT2D eigenvalue weighted by Crippen LogP contribution is 2.15. The van der Waals surface area contributed by atoms with Gasteiger partial charge in [-0.3, -0.25) is 9.59 Å².